The highest BCUT2D eigenvalue weighted by Crippen LogP contribution is 2.11. The highest BCUT2D eigenvalue weighted by atomic mass is 16.4. The van der Waals surface area contributed by atoms with Crippen molar-refractivity contribution in [2.24, 2.45) is 12.0 Å². The van der Waals surface area contributed by atoms with Gasteiger partial charge in [-0.25, -0.2) is 4.99 Å². The van der Waals surface area contributed by atoms with Crippen molar-refractivity contribution in [3.05, 3.63) is 30.0 Å². The van der Waals surface area contributed by atoms with Crippen LogP contribution in [0, 0.1) is 0 Å². The number of nitrogens with one attached hydrogen (secondary N) is 3. The van der Waals surface area contributed by atoms with E-state index in [2.05, 4.69) is 27.7 Å². The molecule has 10 nitrogen and oxygen atoms in total. The fourth-order valence-corrected chi connectivity index (χ4v) is 2.09. The van der Waals surface area contributed by atoms with E-state index in [0.717, 1.165) is 5.69 Å². The molecule has 1 aromatic heterocycles. The van der Waals surface area contributed by atoms with Gasteiger partial charge in [0.15, 0.2) is 0 Å². The molecule has 0 bridgehead atoms. The predicted octanol–water partition coefficient (Wildman–Crippen LogP) is -0.181. The number of carbonyl (C=O) groups is 3. The van der Waals surface area contributed by atoms with Gasteiger partial charge in [-0.1, -0.05) is 0 Å². The summed E-state index contributed by atoms with van der Waals surface area (Å²) in [6, 6.07) is 1.70. The number of aliphatic imine (C=N–C) groups is 1. The zero-order chi connectivity index (χ0) is 19.7. The van der Waals surface area contributed by atoms with E-state index in [1.807, 2.05) is 0 Å². The van der Waals surface area contributed by atoms with Crippen LogP contribution in [0.2, 0.25) is 0 Å². The summed E-state index contributed by atoms with van der Waals surface area (Å²) in [5.41, 5.74) is 1.28. The average molecular weight is 364 g/mol. The van der Waals surface area contributed by atoms with Crippen LogP contribution in [0.3, 0.4) is 0 Å². The summed E-state index contributed by atoms with van der Waals surface area (Å²) in [7, 11) is 5.04. The van der Waals surface area contributed by atoms with Crippen molar-refractivity contribution in [3.8, 4) is 0 Å². The van der Waals surface area contributed by atoms with Crippen LogP contribution in [0.25, 0.3) is 0 Å². The molecule has 0 atom stereocenters. The molecule has 0 radical (unpaired) electrons. The second-order valence-electron chi connectivity index (χ2n) is 5.51. The summed E-state index contributed by atoms with van der Waals surface area (Å²) < 4.78 is 1.68. The van der Waals surface area contributed by atoms with Gasteiger partial charge < -0.3 is 30.5 Å². The number of likely N-dealkylation sites (N-methyl/N-ethyl adjacent to an activating group) is 1. The maximum absolute atomic E-state index is 12.1. The Morgan fingerprint density at radius 3 is 2.65 bits per heavy atom. The third kappa shape index (κ3) is 6.67. The number of aromatic nitrogens is 1. The molecule has 0 aromatic carbocycles. The molecule has 4 N–H and O–H groups in total. The van der Waals surface area contributed by atoms with Crippen molar-refractivity contribution < 1.29 is 19.5 Å². The molecule has 0 fully saturated rings. The molecule has 0 aliphatic heterocycles. The van der Waals surface area contributed by atoms with E-state index in [1.165, 1.54) is 18.1 Å². The molecule has 1 rings (SSSR count). The first-order chi connectivity index (χ1) is 12.3. The van der Waals surface area contributed by atoms with E-state index in [-0.39, 0.29) is 37.1 Å². The standard InChI is InChI=1S/C16H24N6O4/c1-17-11-7-12(22(4)8-11)16(26)19-6-5-14(23)20-13(18-2)9-21(3)10-15(24)25/h7-9,17H,2,5-6,10H2,1,3-4H3,(H,19,26)(H,20,23)(H,24,25)/b13-9+. The van der Waals surface area contributed by atoms with E-state index in [1.54, 1.807) is 30.9 Å². The van der Waals surface area contributed by atoms with E-state index >= 15 is 0 Å². The highest BCUT2D eigenvalue weighted by molar-refractivity contribution is 5.94. The van der Waals surface area contributed by atoms with Crippen molar-refractivity contribution in [3.63, 3.8) is 0 Å². The number of carbonyl (C=O) groups excluding carboxylic acids is 2. The van der Waals surface area contributed by atoms with Gasteiger partial charge in [0.25, 0.3) is 5.91 Å². The summed E-state index contributed by atoms with van der Waals surface area (Å²) in [4.78, 5) is 39.6. The maximum atomic E-state index is 12.1. The molecule has 0 unspecified atom stereocenters. The van der Waals surface area contributed by atoms with Crippen LogP contribution in [-0.4, -0.2) is 66.3 Å². The summed E-state index contributed by atoms with van der Waals surface area (Å²) in [6.45, 7) is 3.23. The summed E-state index contributed by atoms with van der Waals surface area (Å²) in [5, 5.41) is 16.8. The molecule has 142 valence electrons. The van der Waals surface area contributed by atoms with E-state index in [4.69, 9.17) is 5.11 Å². The minimum absolute atomic E-state index is 0.0323. The Bertz CT molecular complexity index is 710. The summed E-state index contributed by atoms with van der Waals surface area (Å²) in [5.74, 6) is -1.55. The van der Waals surface area contributed by atoms with Gasteiger partial charge in [0.1, 0.15) is 18.1 Å². The molecule has 1 aromatic rings. The van der Waals surface area contributed by atoms with E-state index in [0.29, 0.717) is 5.69 Å². The Balaban J connectivity index is 2.49. The first-order valence-corrected chi connectivity index (χ1v) is 7.79. The minimum Gasteiger partial charge on any atom is -0.480 e. The SMILES string of the molecule is C=N/C(=C\N(C)CC(=O)O)NC(=O)CCNC(=O)c1cc(NC)cn1C. The second kappa shape index (κ2) is 9.87. The molecule has 0 aliphatic carbocycles. The number of hydrogen-bond acceptors (Lipinski definition) is 6. The number of amides is 2. The number of rotatable bonds is 10. The normalized spacial score (nSPS) is 10.8. The van der Waals surface area contributed by atoms with Gasteiger partial charge in [-0.3, -0.25) is 14.4 Å². The Hall–Kier alpha value is -3.30. The highest BCUT2D eigenvalue weighted by Gasteiger charge is 2.12. The van der Waals surface area contributed by atoms with Crippen LogP contribution in [0.1, 0.15) is 16.9 Å². The number of hydrogen-bond donors (Lipinski definition) is 4. The smallest absolute Gasteiger partial charge is 0.323 e. The lowest BCUT2D eigenvalue weighted by atomic mass is 10.3. The van der Waals surface area contributed by atoms with E-state index < -0.39 is 5.97 Å². The lowest BCUT2D eigenvalue weighted by molar-refractivity contribution is -0.137. The van der Waals surface area contributed by atoms with Crippen molar-refractivity contribution in [1.29, 1.82) is 0 Å². The molecule has 0 aliphatic rings. The number of carboxylic acids is 1. The second-order valence-corrected chi connectivity index (χ2v) is 5.51. The van der Waals surface area contributed by atoms with Gasteiger partial charge in [-0.05, 0) is 12.8 Å². The first-order valence-electron chi connectivity index (χ1n) is 7.79. The Kier molecular flexibility index (Phi) is 7.87. The number of carboxylic acid groups (broad SMARTS) is 1. The Morgan fingerprint density at radius 1 is 1.42 bits per heavy atom. The molecule has 1 heterocycles. The lowest BCUT2D eigenvalue weighted by Gasteiger charge is -2.13. The van der Waals surface area contributed by atoms with Crippen molar-refractivity contribution in [1.82, 2.24) is 20.1 Å². The first kappa shape index (κ1) is 20.7. The summed E-state index contributed by atoms with van der Waals surface area (Å²) in [6.07, 6.45) is 3.17. The third-order valence-corrected chi connectivity index (χ3v) is 3.33. The molecule has 26 heavy (non-hydrogen) atoms. The molecule has 0 saturated carbocycles. The largest absolute Gasteiger partial charge is 0.480 e. The number of anilines is 1. The number of aryl methyl sites for hydroxylation is 1. The average Bonchev–Trinajstić information content (AvgIpc) is 2.94. The fourth-order valence-electron chi connectivity index (χ4n) is 2.09. The van der Waals surface area contributed by atoms with Gasteiger partial charge in [-0.2, -0.15) is 0 Å². The van der Waals surface area contributed by atoms with E-state index in [9.17, 15) is 14.4 Å². The zero-order valence-corrected chi connectivity index (χ0v) is 15.1. The lowest BCUT2D eigenvalue weighted by Crippen LogP contribution is -2.31. The third-order valence-electron chi connectivity index (χ3n) is 3.33. The molecule has 0 spiro atoms. The molecule has 10 heteroatoms. The number of nitrogens with zero attached hydrogens (tertiary/aromatic N) is 3. The Morgan fingerprint density at radius 2 is 2.12 bits per heavy atom. The molecule has 2 amide bonds. The zero-order valence-electron chi connectivity index (χ0n) is 15.1. The summed E-state index contributed by atoms with van der Waals surface area (Å²) >= 11 is 0. The van der Waals surface area contributed by atoms with Crippen LogP contribution >= 0.6 is 0 Å². The minimum atomic E-state index is -1.01. The fraction of sp³-hybridized carbons (Fsp3) is 0.375. The van der Waals surface area contributed by atoms with Crippen LogP contribution in [0.4, 0.5) is 5.69 Å². The molecular weight excluding hydrogens is 340 g/mol. The van der Waals surface area contributed by atoms with Gasteiger partial charge in [0.2, 0.25) is 5.91 Å². The molecule has 0 saturated heterocycles. The van der Waals surface area contributed by atoms with Gasteiger partial charge >= 0.3 is 5.97 Å². The van der Waals surface area contributed by atoms with Crippen LogP contribution in [0.15, 0.2) is 29.3 Å². The van der Waals surface area contributed by atoms with Crippen molar-refractivity contribution in [2.75, 3.05) is 32.5 Å². The maximum Gasteiger partial charge on any atom is 0.323 e. The topological polar surface area (TPSA) is 128 Å². The van der Waals surface area contributed by atoms with Crippen LogP contribution in [0.5, 0.6) is 0 Å². The van der Waals surface area contributed by atoms with Gasteiger partial charge in [0, 0.05) is 46.5 Å². The van der Waals surface area contributed by atoms with Gasteiger partial charge in [-0.15, -0.1) is 0 Å². The van der Waals surface area contributed by atoms with Crippen LogP contribution < -0.4 is 16.0 Å². The monoisotopic (exact) mass is 364 g/mol. The van der Waals surface area contributed by atoms with Crippen LogP contribution in [-0.2, 0) is 16.6 Å². The molecular formula is C16H24N6O4. The number of aliphatic carboxylic acids is 1. The van der Waals surface area contributed by atoms with Crippen molar-refractivity contribution in [2.45, 2.75) is 6.42 Å². The predicted molar refractivity (Wildman–Crippen MR) is 98.0 cm³/mol. The Labute approximate surface area is 151 Å². The quantitative estimate of drug-likeness (QED) is 0.426. The van der Waals surface area contributed by atoms with Gasteiger partial charge in [0.05, 0.1) is 5.69 Å². The van der Waals surface area contributed by atoms with Crippen molar-refractivity contribution >= 4 is 30.2 Å².